The highest BCUT2D eigenvalue weighted by molar-refractivity contribution is 14.0. The maximum atomic E-state index is 12.8. The zero-order valence-electron chi connectivity index (χ0n) is 15.8. The number of guanidine groups is 1. The zero-order chi connectivity index (χ0) is 18.6. The number of carbonyl (C=O) groups excluding carboxylic acids is 1. The summed E-state index contributed by atoms with van der Waals surface area (Å²) < 4.78 is 18.4. The van der Waals surface area contributed by atoms with E-state index in [9.17, 15) is 9.18 Å². The number of nitrogens with zero attached hydrogens (tertiary/aromatic N) is 1. The van der Waals surface area contributed by atoms with Gasteiger partial charge in [-0.2, -0.15) is 0 Å². The van der Waals surface area contributed by atoms with Crippen LogP contribution in [0.25, 0.3) is 0 Å². The first-order valence-corrected chi connectivity index (χ1v) is 9.37. The molecule has 27 heavy (non-hydrogen) atoms. The molecule has 0 bridgehead atoms. The lowest BCUT2D eigenvalue weighted by atomic mass is 10.3. The Kier molecular flexibility index (Phi) is 11.8. The lowest BCUT2D eigenvalue weighted by Gasteiger charge is -2.12. The van der Waals surface area contributed by atoms with Crippen molar-refractivity contribution in [2.24, 2.45) is 10.9 Å². The van der Waals surface area contributed by atoms with Gasteiger partial charge in [0.25, 0.3) is 0 Å². The number of halogens is 2. The molecule has 2 rings (SSSR count). The van der Waals surface area contributed by atoms with Crippen LogP contribution in [-0.4, -0.2) is 44.7 Å². The molecule has 3 N–H and O–H groups in total. The van der Waals surface area contributed by atoms with Crippen LogP contribution < -0.4 is 20.7 Å². The number of amides is 1. The molecular formula is C19H30FIN4O2. The largest absolute Gasteiger partial charge is 0.494 e. The smallest absolute Gasteiger partial charge is 0.223 e. The van der Waals surface area contributed by atoms with Crippen LogP contribution in [0.1, 0.15) is 32.6 Å². The number of hydrogen-bond acceptors (Lipinski definition) is 3. The van der Waals surface area contributed by atoms with Crippen molar-refractivity contribution in [2.45, 2.75) is 32.6 Å². The van der Waals surface area contributed by atoms with Gasteiger partial charge in [-0.1, -0.05) is 0 Å². The highest BCUT2D eigenvalue weighted by Gasteiger charge is 2.28. The van der Waals surface area contributed by atoms with Crippen molar-refractivity contribution in [3.05, 3.63) is 30.1 Å². The summed E-state index contributed by atoms with van der Waals surface area (Å²) in [6.45, 7) is 5.33. The molecule has 1 aromatic carbocycles. The molecule has 0 unspecified atom stereocenters. The molecule has 0 atom stereocenters. The van der Waals surface area contributed by atoms with Crippen molar-refractivity contribution in [1.29, 1.82) is 0 Å². The Morgan fingerprint density at radius 1 is 1.15 bits per heavy atom. The van der Waals surface area contributed by atoms with E-state index in [1.54, 1.807) is 12.1 Å². The van der Waals surface area contributed by atoms with Crippen LogP contribution in [0.4, 0.5) is 4.39 Å². The second-order valence-corrected chi connectivity index (χ2v) is 6.26. The molecule has 0 aromatic heterocycles. The van der Waals surface area contributed by atoms with Gasteiger partial charge in [-0.3, -0.25) is 9.79 Å². The lowest BCUT2D eigenvalue weighted by molar-refractivity contribution is -0.122. The molecule has 1 amide bonds. The summed E-state index contributed by atoms with van der Waals surface area (Å²) in [5.41, 5.74) is 0. The summed E-state index contributed by atoms with van der Waals surface area (Å²) in [5, 5.41) is 9.32. The minimum absolute atomic E-state index is 0. The van der Waals surface area contributed by atoms with Crippen molar-refractivity contribution in [1.82, 2.24) is 16.0 Å². The molecule has 1 aliphatic carbocycles. The van der Waals surface area contributed by atoms with E-state index in [2.05, 4.69) is 20.9 Å². The molecule has 0 saturated heterocycles. The molecule has 1 aliphatic rings. The molecule has 6 nitrogen and oxygen atoms in total. The third kappa shape index (κ3) is 10.4. The zero-order valence-corrected chi connectivity index (χ0v) is 18.1. The summed E-state index contributed by atoms with van der Waals surface area (Å²) in [4.78, 5) is 16.1. The van der Waals surface area contributed by atoms with E-state index in [1.165, 1.54) is 12.1 Å². The third-order valence-corrected chi connectivity index (χ3v) is 3.91. The number of nitrogens with one attached hydrogen (secondary N) is 3. The average Bonchev–Trinajstić information content (AvgIpc) is 3.48. The number of ether oxygens (including phenoxy) is 1. The number of rotatable bonds is 11. The standard InChI is InChI=1S/C19H29FN4O2.HI/c1-2-21-19(24-13-12-22-18(25)15-5-6-15)23-11-3-4-14-26-17-9-7-16(20)8-10-17;/h7-10,15H,2-6,11-14H2,1H3,(H,22,25)(H2,21,23,24);1H. The second-order valence-electron chi connectivity index (χ2n) is 6.26. The van der Waals surface area contributed by atoms with Crippen LogP contribution in [0.2, 0.25) is 0 Å². The fourth-order valence-corrected chi connectivity index (χ4v) is 2.32. The Balaban J connectivity index is 0.00000364. The number of carbonyl (C=O) groups is 1. The number of aliphatic imine (C=N–C) groups is 1. The van der Waals surface area contributed by atoms with Gasteiger partial charge in [0.05, 0.1) is 6.61 Å². The van der Waals surface area contributed by atoms with Crippen LogP contribution in [0.15, 0.2) is 29.3 Å². The summed E-state index contributed by atoms with van der Waals surface area (Å²) in [5.74, 6) is 1.58. The van der Waals surface area contributed by atoms with Gasteiger partial charge in [0.2, 0.25) is 5.91 Å². The molecule has 0 heterocycles. The minimum atomic E-state index is -0.262. The van der Waals surface area contributed by atoms with Gasteiger partial charge in [-0.05, 0) is 56.9 Å². The summed E-state index contributed by atoms with van der Waals surface area (Å²) in [6, 6.07) is 6.04. The van der Waals surface area contributed by atoms with Gasteiger partial charge < -0.3 is 20.7 Å². The van der Waals surface area contributed by atoms with Gasteiger partial charge in [0.1, 0.15) is 11.6 Å². The van der Waals surface area contributed by atoms with E-state index in [4.69, 9.17) is 4.74 Å². The van der Waals surface area contributed by atoms with Crippen molar-refractivity contribution in [3.8, 4) is 5.75 Å². The van der Waals surface area contributed by atoms with Gasteiger partial charge in [0, 0.05) is 32.1 Å². The quantitative estimate of drug-likeness (QED) is 0.192. The SMILES string of the molecule is CCNC(=NCCCCOc1ccc(F)cc1)NCCNC(=O)C1CC1.I. The molecule has 0 radical (unpaired) electrons. The van der Waals surface area contributed by atoms with E-state index in [-0.39, 0.29) is 41.6 Å². The van der Waals surface area contributed by atoms with E-state index in [0.29, 0.717) is 32.0 Å². The molecule has 0 spiro atoms. The Labute approximate surface area is 177 Å². The van der Waals surface area contributed by atoms with Gasteiger partial charge in [0.15, 0.2) is 5.96 Å². The molecule has 8 heteroatoms. The van der Waals surface area contributed by atoms with Crippen LogP contribution in [0, 0.1) is 11.7 Å². The van der Waals surface area contributed by atoms with Crippen LogP contribution in [0.5, 0.6) is 5.75 Å². The molecular weight excluding hydrogens is 462 g/mol. The Morgan fingerprint density at radius 2 is 1.85 bits per heavy atom. The molecule has 1 fully saturated rings. The summed E-state index contributed by atoms with van der Waals surface area (Å²) in [7, 11) is 0. The monoisotopic (exact) mass is 492 g/mol. The van der Waals surface area contributed by atoms with Crippen molar-refractivity contribution < 1.29 is 13.9 Å². The first-order chi connectivity index (χ1) is 12.7. The van der Waals surface area contributed by atoms with Crippen molar-refractivity contribution >= 4 is 35.8 Å². The first-order valence-electron chi connectivity index (χ1n) is 9.37. The van der Waals surface area contributed by atoms with E-state index < -0.39 is 0 Å². The number of benzene rings is 1. The van der Waals surface area contributed by atoms with E-state index in [0.717, 1.165) is 38.2 Å². The van der Waals surface area contributed by atoms with Crippen LogP contribution >= 0.6 is 24.0 Å². The Bertz CT molecular complexity index is 580. The van der Waals surface area contributed by atoms with Crippen LogP contribution in [0.3, 0.4) is 0 Å². The minimum Gasteiger partial charge on any atom is -0.494 e. The first kappa shape index (κ1) is 23.5. The molecule has 1 aromatic rings. The molecule has 1 saturated carbocycles. The van der Waals surface area contributed by atoms with Gasteiger partial charge in [-0.25, -0.2) is 4.39 Å². The van der Waals surface area contributed by atoms with E-state index in [1.807, 2.05) is 6.92 Å². The van der Waals surface area contributed by atoms with Crippen molar-refractivity contribution in [3.63, 3.8) is 0 Å². The lowest BCUT2D eigenvalue weighted by Crippen LogP contribution is -2.41. The maximum absolute atomic E-state index is 12.8. The molecule has 152 valence electrons. The topological polar surface area (TPSA) is 74.8 Å². The van der Waals surface area contributed by atoms with Crippen LogP contribution in [-0.2, 0) is 4.79 Å². The predicted octanol–water partition coefficient (Wildman–Crippen LogP) is 2.68. The Morgan fingerprint density at radius 3 is 2.52 bits per heavy atom. The predicted molar refractivity (Wildman–Crippen MR) is 116 cm³/mol. The second kappa shape index (κ2) is 13.6. The third-order valence-electron chi connectivity index (χ3n) is 3.91. The average molecular weight is 492 g/mol. The fraction of sp³-hybridized carbons (Fsp3) is 0.579. The fourth-order valence-electron chi connectivity index (χ4n) is 2.32. The van der Waals surface area contributed by atoms with Crippen molar-refractivity contribution in [2.75, 3.05) is 32.8 Å². The summed E-state index contributed by atoms with van der Waals surface area (Å²) >= 11 is 0. The number of hydrogen-bond donors (Lipinski definition) is 3. The highest BCUT2D eigenvalue weighted by Crippen LogP contribution is 2.28. The van der Waals surface area contributed by atoms with Gasteiger partial charge in [-0.15, -0.1) is 24.0 Å². The van der Waals surface area contributed by atoms with E-state index >= 15 is 0 Å². The maximum Gasteiger partial charge on any atom is 0.223 e. The molecule has 0 aliphatic heterocycles. The Hall–Kier alpha value is -1.58. The normalized spacial score (nSPS) is 13.5. The van der Waals surface area contributed by atoms with Gasteiger partial charge >= 0.3 is 0 Å². The number of unbranched alkanes of at least 4 members (excludes halogenated alkanes) is 1. The summed E-state index contributed by atoms with van der Waals surface area (Å²) in [6.07, 6.45) is 3.82. The highest BCUT2D eigenvalue weighted by atomic mass is 127.